The summed E-state index contributed by atoms with van der Waals surface area (Å²) in [5.74, 6) is 1.10. The molecule has 0 bridgehead atoms. The second-order valence-corrected chi connectivity index (χ2v) is 8.36. The van der Waals surface area contributed by atoms with E-state index in [4.69, 9.17) is 22.1 Å². The van der Waals surface area contributed by atoms with Crippen LogP contribution in [0.25, 0.3) is 0 Å². The summed E-state index contributed by atoms with van der Waals surface area (Å²) >= 11 is 7.39. The second kappa shape index (κ2) is 10.5. The predicted octanol–water partition coefficient (Wildman–Crippen LogP) is 3.05. The third-order valence-electron chi connectivity index (χ3n) is 4.02. The number of hydrogen-bond acceptors (Lipinski definition) is 6. The van der Waals surface area contributed by atoms with Crippen LogP contribution in [0.15, 0.2) is 17.3 Å². The summed E-state index contributed by atoms with van der Waals surface area (Å²) in [5, 5.41) is 12.4. The lowest BCUT2D eigenvalue weighted by Crippen LogP contribution is -2.17. The number of benzene rings is 1. The van der Waals surface area contributed by atoms with E-state index < -0.39 is 0 Å². The predicted molar refractivity (Wildman–Crippen MR) is 114 cm³/mol. The number of aromatic nitrogens is 3. The van der Waals surface area contributed by atoms with E-state index in [9.17, 15) is 9.59 Å². The molecule has 1 aromatic carbocycles. The van der Waals surface area contributed by atoms with Crippen LogP contribution in [0.2, 0.25) is 5.02 Å². The highest BCUT2D eigenvalue weighted by Crippen LogP contribution is 2.31. The molecule has 2 aromatic rings. The minimum Gasteiger partial charge on any atom is -0.495 e. The highest BCUT2D eigenvalue weighted by atomic mass is 35.5. The molecule has 0 saturated carbocycles. The van der Waals surface area contributed by atoms with Gasteiger partial charge in [0.1, 0.15) is 11.6 Å². The van der Waals surface area contributed by atoms with Crippen LogP contribution in [-0.2, 0) is 22.6 Å². The molecule has 8 nitrogen and oxygen atoms in total. The SMILES string of the molecule is COc1cc(Cl)c(C)cc1NC(=O)CSc1nnc(CCC(N)=O)n1CC(C)C. The van der Waals surface area contributed by atoms with Gasteiger partial charge in [-0.1, -0.05) is 37.2 Å². The molecular formula is C19H26ClN5O3S. The van der Waals surface area contributed by atoms with Gasteiger partial charge < -0.3 is 20.4 Å². The van der Waals surface area contributed by atoms with Crippen LogP contribution >= 0.6 is 23.4 Å². The Balaban J connectivity index is 2.08. The number of rotatable bonds is 10. The van der Waals surface area contributed by atoms with Gasteiger partial charge >= 0.3 is 0 Å². The smallest absolute Gasteiger partial charge is 0.234 e. The quantitative estimate of drug-likeness (QED) is 0.550. The molecule has 29 heavy (non-hydrogen) atoms. The maximum Gasteiger partial charge on any atom is 0.234 e. The summed E-state index contributed by atoms with van der Waals surface area (Å²) in [5.41, 5.74) is 6.64. The molecule has 0 atom stereocenters. The van der Waals surface area contributed by atoms with Gasteiger partial charge in [-0.15, -0.1) is 10.2 Å². The van der Waals surface area contributed by atoms with Crippen molar-refractivity contribution in [2.45, 2.75) is 45.3 Å². The Morgan fingerprint density at radius 3 is 2.69 bits per heavy atom. The third-order valence-corrected chi connectivity index (χ3v) is 5.40. The molecule has 158 valence electrons. The summed E-state index contributed by atoms with van der Waals surface area (Å²) in [6.07, 6.45) is 0.625. The number of primary amides is 1. The maximum absolute atomic E-state index is 12.5. The van der Waals surface area contributed by atoms with Gasteiger partial charge in [-0.3, -0.25) is 9.59 Å². The molecule has 0 aliphatic carbocycles. The maximum atomic E-state index is 12.5. The molecule has 0 radical (unpaired) electrons. The van der Waals surface area contributed by atoms with Crippen molar-refractivity contribution in [2.75, 3.05) is 18.2 Å². The van der Waals surface area contributed by atoms with Crippen molar-refractivity contribution in [1.29, 1.82) is 0 Å². The van der Waals surface area contributed by atoms with Gasteiger partial charge in [0.2, 0.25) is 11.8 Å². The van der Waals surface area contributed by atoms with Crippen LogP contribution in [0.4, 0.5) is 5.69 Å². The lowest BCUT2D eigenvalue weighted by atomic mass is 10.2. The third kappa shape index (κ3) is 6.64. The van der Waals surface area contributed by atoms with Gasteiger partial charge in [-0.2, -0.15) is 0 Å². The van der Waals surface area contributed by atoms with E-state index in [1.165, 1.54) is 18.9 Å². The molecule has 1 aromatic heterocycles. The highest BCUT2D eigenvalue weighted by Gasteiger charge is 2.17. The Labute approximate surface area is 179 Å². The van der Waals surface area contributed by atoms with Crippen molar-refractivity contribution >= 4 is 40.9 Å². The van der Waals surface area contributed by atoms with Crippen LogP contribution < -0.4 is 15.8 Å². The topological polar surface area (TPSA) is 112 Å². The fourth-order valence-corrected chi connectivity index (χ4v) is 3.56. The molecule has 0 unspecified atom stereocenters. The monoisotopic (exact) mass is 439 g/mol. The zero-order valence-corrected chi connectivity index (χ0v) is 18.6. The number of anilines is 1. The molecule has 1 heterocycles. The van der Waals surface area contributed by atoms with Crippen molar-refractivity contribution in [1.82, 2.24) is 14.8 Å². The first kappa shape index (κ1) is 23.0. The largest absolute Gasteiger partial charge is 0.495 e. The van der Waals surface area contributed by atoms with Crippen molar-refractivity contribution in [3.63, 3.8) is 0 Å². The van der Waals surface area contributed by atoms with E-state index in [1.54, 1.807) is 12.1 Å². The lowest BCUT2D eigenvalue weighted by Gasteiger charge is -2.13. The Bertz CT molecular complexity index is 885. The van der Waals surface area contributed by atoms with Crippen LogP contribution in [0.5, 0.6) is 5.75 Å². The lowest BCUT2D eigenvalue weighted by molar-refractivity contribution is -0.118. The first-order chi connectivity index (χ1) is 13.7. The van der Waals surface area contributed by atoms with Gasteiger partial charge in [0.15, 0.2) is 5.16 Å². The summed E-state index contributed by atoms with van der Waals surface area (Å²) in [6, 6.07) is 3.44. The first-order valence-electron chi connectivity index (χ1n) is 9.18. The Morgan fingerprint density at radius 1 is 1.34 bits per heavy atom. The Kier molecular flexibility index (Phi) is 8.33. The number of ether oxygens (including phenoxy) is 1. The zero-order chi connectivity index (χ0) is 21.6. The van der Waals surface area contributed by atoms with Gasteiger partial charge in [0.25, 0.3) is 0 Å². The number of halogens is 1. The zero-order valence-electron chi connectivity index (χ0n) is 17.0. The van der Waals surface area contributed by atoms with Crippen LogP contribution in [0, 0.1) is 12.8 Å². The number of aryl methyl sites for hydroxylation is 2. The van der Waals surface area contributed by atoms with Crippen molar-refractivity contribution in [2.24, 2.45) is 11.7 Å². The van der Waals surface area contributed by atoms with Gasteiger partial charge in [0.05, 0.1) is 18.6 Å². The fraction of sp³-hybridized carbons (Fsp3) is 0.474. The molecular weight excluding hydrogens is 414 g/mol. The minimum absolute atomic E-state index is 0.150. The molecule has 3 N–H and O–H groups in total. The van der Waals surface area contributed by atoms with E-state index in [0.29, 0.717) is 46.3 Å². The van der Waals surface area contributed by atoms with Gasteiger partial charge in [-0.25, -0.2) is 0 Å². The van der Waals surface area contributed by atoms with Crippen molar-refractivity contribution < 1.29 is 14.3 Å². The molecule has 0 aliphatic heterocycles. The highest BCUT2D eigenvalue weighted by molar-refractivity contribution is 7.99. The number of carbonyl (C=O) groups excluding carboxylic acids is 2. The number of hydrogen-bond donors (Lipinski definition) is 2. The van der Waals surface area contributed by atoms with Gasteiger partial charge in [-0.05, 0) is 24.5 Å². The average molecular weight is 440 g/mol. The number of carbonyl (C=O) groups is 2. The average Bonchev–Trinajstić information content (AvgIpc) is 3.02. The molecule has 2 rings (SSSR count). The van der Waals surface area contributed by atoms with E-state index in [0.717, 1.165) is 5.56 Å². The fourth-order valence-electron chi connectivity index (χ4n) is 2.64. The minimum atomic E-state index is -0.384. The Morgan fingerprint density at radius 2 is 2.07 bits per heavy atom. The second-order valence-electron chi connectivity index (χ2n) is 7.01. The first-order valence-corrected chi connectivity index (χ1v) is 10.5. The van der Waals surface area contributed by atoms with E-state index in [1.807, 2.05) is 11.5 Å². The summed E-state index contributed by atoms with van der Waals surface area (Å²) in [6.45, 7) is 6.70. The van der Waals surface area contributed by atoms with E-state index in [-0.39, 0.29) is 24.0 Å². The van der Waals surface area contributed by atoms with E-state index >= 15 is 0 Å². The normalized spacial score (nSPS) is 11.0. The molecule has 0 aliphatic rings. The van der Waals surface area contributed by atoms with Crippen molar-refractivity contribution in [3.05, 3.63) is 28.5 Å². The molecule has 0 spiro atoms. The van der Waals surface area contributed by atoms with Crippen molar-refractivity contribution in [3.8, 4) is 5.75 Å². The number of nitrogens with two attached hydrogens (primary N) is 1. The number of thioether (sulfide) groups is 1. The molecule has 2 amide bonds. The number of amides is 2. The summed E-state index contributed by atoms with van der Waals surface area (Å²) in [4.78, 5) is 23.6. The standard InChI is InChI=1S/C19H26ClN5O3S/c1-11(2)9-25-17(6-5-16(21)26)23-24-19(25)29-10-18(27)22-14-7-12(3)13(20)8-15(14)28-4/h7-8,11H,5-6,9-10H2,1-4H3,(H2,21,26)(H,22,27). The summed E-state index contributed by atoms with van der Waals surface area (Å²) in [7, 11) is 1.52. The number of methoxy groups -OCH3 is 1. The van der Waals surface area contributed by atoms with Crippen LogP contribution in [-0.4, -0.2) is 39.4 Å². The molecule has 0 saturated heterocycles. The van der Waals surface area contributed by atoms with E-state index in [2.05, 4.69) is 29.4 Å². The van der Waals surface area contributed by atoms with Crippen LogP contribution in [0.1, 0.15) is 31.7 Å². The Hall–Kier alpha value is -2.26. The number of nitrogens with one attached hydrogen (secondary N) is 1. The molecule has 0 fully saturated rings. The van der Waals surface area contributed by atoms with Crippen LogP contribution in [0.3, 0.4) is 0 Å². The van der Waals surface area contributed by atoms with Gasteiger partial charge in [0, 0.05) is 30.5 Å². The molecule has 10 heteroatoms. The summed E-state index contributed by atoms with van der Waals surface area (Å²) < 4.78 is 7.23. The number of nitrogens with zero attached hydrogens (tertiary/aromatic N) is 3.